The molecular weight excluding hydrogens is 256 g/mol. The molecule has 0 saturated heterocycles. The van der Waals surface area contributed by atoms with Gasteiger partial charge in [0.2, 0.25) is 15.9 Å². The molecule has 98 valence electrons. The number of ketones is 1. The maximum atomic E-state index is 11.2. The van der Waals surface area contributed by atoms with Crippen LogP contribution in [0.25, 0.3) is 0 Å². The molecule has 0 aliphatic carbocycles. The zero-order chi connectivity index (χ0) is 13.8. The summed E-state index contributed by atoms with van der Waals surface area (Å²) >= 11 is 0. The molecule has 0 spiro atoms. The van der Waals surface area contributed by atoms with E-state index < -0.39 is 10.0 Å². The molecule has 1 aromatic carbocycles. The standard InChI is InChI=1S/C11H14N2O4S/c1-8(14)6-11(15)13-7-9-2-4-10(5-3-9)18(12,16)17/h2-5H,6-7H2,1H3,(H,13,15)(H2,12,16,17). The Bertz CT molecular complexity index is 549. The SMILES string of the molecule is CC(=O)CC(=O)NCc1ccc(S(N)(=O)=O)cc1. The monoisotopic (exact) mass is 270 g/mol. The zero-order valence-corrected chi connectivity index (χ0v) is 10.7. The molecule has 0 aliphatic rings. The van der Waals surface area contributed by atoms with Crippen LogP contribution >= 0.6 is 0 Å². The normalized spacial score (nSPS) is 11.0. The minimum absolute atomic E-state index is 0.0151. The number of Topliss-reactive ketones (excluding diaryl/α,β-unsaturated/α-hetero) is 1. The van der Waals surface area contributed by atoms with Crippen molar-refractivity contribution in [2.24, 2.45) is 5.14 Å². The Labute approximate surface area is 105 Å². The quantitative estimate of drug-likeness (QED) is 0.730. The highest BCUT2D eigenvalue weighted by molar-refractivity contribution is 7.89. The number of carbonyl (C=O) groups is 2. The van der Waals surface area contributed by atoms with Gasteiger partial charge < -0.3 is 5.32 Å². The van der Waals surface area contributed by atoms with Crippen LogP contribution in [0.3, 0.4) is 0 Å². The van der Waals surface area contributed by atoms with Crippen molar-refractivity contribution in [3.8, 4) is 0 Å². The van der Waals surface area contributed by atoms with Crippen molar-refractivity contribution in [1.29, 1.82) is 0 Å². The second kappa shape index (κ2) is 5.74. The summed E-state index contributed by atoms with van der Waals surface area (Å²) in [4.78, 5) is 21.9. The van der Waals surface area contributed by atoms with Gasteiger partial charge in [-0.2, -0.15) is 0 Å². The van der Waals surface area contributed by atoms with Crippen molar-refractivity contribution in [2.45, 2.75) is 24.8 Å². The van der Waals surface area contributed by atoms with E-state index in [0.717, 1.165) is 5.56 Å². The number of nitrogens with two attached hydrogens (primary N) is 1. The molecule has 0 aliphatic heterocycles. The van der Waals surface area contributed by atoms with Crippen LogP contribution in [0.4, 0.5) is 0 Å². The summed E-state index contributed by atoms with van der Waals surface area (Å²) in [6.45, 7) is 1.57. The number of hydrogen-bond donors (Lipinski definition) is 2. The minimum Gasteiger partial charge on any atom is -0.352 e. The summed E-state index contributed by atoms with van der Waals surface area (Å²) < 4.78 is 22.0. The molecule has 3 N–H and O–H groups in total. The fourth-order valence-electron chi connectivity index (χ4n) is 1.29. The molecule has 0 fully saturated rings. The molecule has 18 heavy (non-hydrogen) atoms. The van der Waals surface area contributed by atoms with E-state index in [2.05, 4.69) is 5.32 Å². The number of carbonyl (C=O) groups excluding carboxylic acids is 2. The number of primary sulfonamides is 1. The molecule has 0 radical (unpaired) electrons. The number of rotatable bonds is 5. The number of hydrogen-bond acceptors (Lipinski definition) is 4. The van der Waals surface area contributed by atoms with Gasteiger partial charge in [-0.3, -0.25) is 9.59 Å². The van der Waals surface area contributed by atoms with Crippen LogP contribution in [-0.4, -0.2) is 20.1 Å². The summed E-state index contributed by atoms with van der Waals surface area (Å²) in [5.74, 6) is -0.574. The van der Waals surface area contributed by atoms with Gasteiger partial charge >= 0.3 is 0 Å². The molecule has 0 saturated carbocycles. The van der Waals surface area contributed by atoms with Gasteiger partial charge in [0.15, 0.2) is 0 Å². The maximum Gasteiger partial charge on any atom is 0.238 e. The second-order valence-corrected chi connectivity index (χ2v) is 5.41. The van der Waals surface area contributed by atoms with Crippen LogP contribution in [-0.2, 0) is 26.2 Å². The first kappa shape index (κ1) is 14.3. The van der Waals surface area contributed by atoms with Gasteiger partial charge in [0, 0.05) is 6.54 Å². The molecule has 1 aromatic rings. The summed E-state index contributed by atoms with van der Waals surface area (Å²) in [6, 6.07) is 5.82. The lowest BCUT2D eigenvalue weighted by Gasteiger charge is -2.05. The summed E-state index contributed by atoms with van der Waals surface area (Å²) in [5, 5.41) is 7.50. The molecule has 1 rings (SSSR count). The third-order valence-corrected chi connectivity index (χ3v) is 3.08. The maximum absolute atomic E-state index is 11.2. The highest BCUT2D eigenvalue weighted by Gasteiger charge is 2.07. The van der Waals surface area contributed by atoms with Gasteiger partial charge in [-0.25, -0.2) is 13.6 Å². The van der Waals surface area contributed by atoms with E-state index in [9.17, 15) is 18.0 Å². The highest BCUT2D eigenvalue weighted by atomic mass is 32.2. The summed E-state index contributed by atoms with van der Waals surface area (Å²) in [6.07, 6.45) is -0.157. The topological polar surface area (TPSA) is 106 Å². The van der Waals surface area contributed by atoms with Crippen LogP contribution in [0.1, 0.15) is 18.9 Å². The third-order valence-electron chi connectivity index (χ3n) is 2.15. The molecular formula is C11H14N2O4S. The molecule has 0 aromatic heterocycles. The molecule has 6 nitrogen and oxygen atoms in total. The van der Waals surface area contributed by atoms with Gasteiger partial charge in [0.1, 0.15) is 5.78 Å². The Balaban J connectivity index is 2.60. The molecule has 0 unspecified atom stereocenters. The highest BCUT2D eigenvalue weighted by Crippen LogP contribution is 2.08. The van der Waals surface area contributed by atoms with Crippen molar-refractivity contribution in [3.05, 3.63) is 29.8 Å². The van der Waals surface area contributed by atoms with Crippen LogP contribution in [0.2, 0.25) is 0 Å². The van der Waals surface area contributed by atoms with Crippen molar-refractivity contribution in [1.82, 2.24) is 5.32 Å². The number of amides is 1. The van der Waals surface area contributed by atoms with Gasteiger partial charge in [-0.05, 0) is 24.6 Å². The summed E-state index contributed by atoms with van der Waals surface area (Å²) in [5.41, 5.74) is 0.722. The van der Waals surface area contributed by atoms with E-state index in [1.54, 1.807) is 12.1 Å². The Kier molecular flexibility index (Phi) is 4.57. The molecule has 0 heterocycles. The first-order valence-corrected chi connectivity index (χ1v) is 6.71. The largest absolute Gasteiger partial charge is 0.352 e. The average Bonchev–Trinajstić information content (AvgIpc) is 2.25. The van der Waals surface area contributed by atoms with Gasteiger partial charge in [-0.1, -0.05) is 12.1 Å². The smallest absolute Gasteiger partial charge is 0.238 e. The van der Waals surface area contributed by atoms with Crippen LogP contribution in [0.15, 0.2) is 29.2 Å². The zero-order valence-electron chi connectivity index (χ0n) is 9.84. The average molecular weight is 270 g/mol. The van der Waals surface area contributed by atoms with Crippen LogP contribution in [0.5, 0.6) is 0 Å². The molecule has 1 amide bonds. The van der Waals surface area contributed by atoms with Crippen molar-refractivity contribution >= 4 is 21.7 Å². The van der Waals surface area contributed by atoms with Crippen LogP contribution in [0, 0.1) is 0 Å². The first-order valence-electron chi connectivity index (χ1n) is 5.17. The van der Waals surface area contributed by atoms with Gasteiger partial charge in [0.05, 0.1) is 11.3 Å². The lowest BCUT2D eigenvalue weighted by molar-refractivity contribution is -0.127. The molecule has 0 atom stereocenters. The summed E-state index contributed by atoms with van der Waals surface area (Å²) in [7, 11) is -3.70. The van der Waals surface area contributed by atoms with Crippen LogP contribution < -0.4 is 10.5 Å². The first-order chi connectivity index (χ1) is 8.29. The lowest BCUT2D eigenvalue weighted by atomic mass is 10.2. The van der Waals surface area contributed by atoms with Crippen molar-refractivity contribution in [2.75, 3.05) is 0 Å². The molecule has 0 bridgehead atoms. The van der Waals surface area contributed by atoms with E-state index in [-0.39, 0.29) is 29.6 Å². The Morgan fingerprint density at radius 2 is 1.78 bits per heavy atom. The third kappa shape index (κ3) is 4.64. The Morgan fingerprint density at radius 1 is 1.22 bits per heavy atom. The molecule has 7 heteroatoms. The van der Waals surface area contributed by atoms with E-state index >= 15 is 0 Å². The van der Waals surface area contributed by atoms with E-state index in [0.29, 0.717) is 0 Å². The van der Waals surface area contributed by atoms with E-state index in [4.69, 9.17) is 5.14 Å². The number of benzene rings is 1. The van der Waals surface area contributed by atoms with Crippen molar-refractivity contribution in [3.63, 3.8) is 0 Å². The van der Waals surface area contributed by atoms with Gasteiger partial charge in [-0.15, -0.1) is 0 Å². The fraction of sp³-hybridized carbons (Fsp3) is 0.273. The fourth-order valence-corrected chi connectivity index (χ4v) is 1.80. The lowest BCUT2D eigenvalue weighted by Crippen LogP contribution is -2.24. The predicted molar refractivity (Wildman–Crippen MR) is 65.0 cm³/mol. The van der Waals surface area contributed by atoms with Gasteiger partial charge in [0.25, 0.3) is 0 Å². The van der Waals surface area contributed by atoms with E-state index in [1.165, 1.54) is 19.1 Å². The number of sulfonamides is 1. The van der Waals surface area contributed by atoms with E-state index in [1.807, 2.05) is 0 Å². The Morgan fingerprint density at radius 3 is 2.22 bits per heavy atom. The van der Waals surface area contributed by atoms with Crippen molar-refractivity contribution < 1.29 is 18.0 Å². The second-order valence-electron chi connectivity index (χ2n) is 3.84. The predicted octanol–water partition coefficient (Wildman–Crippen LogP) is -0.0707. The number of nitrogens with one attached hydrogen (secondary N) is 1. The Hall–Kier alpha value is -1.73. The minimum atomic E-state index is -3.70.